The molecule has 146 valence electrons. The SMILES string of the molecule is C[C@H](NC(=O)OC(C)(C)C)c1ccc(CN2CCC(F)(F)CC2)c(F)c1. The Bertz CT molecular complexity index is 634. The molecule has 1 aromatic carbocycles. The molecule has 0 aliphatic carbocycles. The van der Waals surface area contributed by atoms with Gasteiger partial charge in [-0.3, -0.25) is 4.90 Å². The van der Waals surface area contributed by atoms with Gasteiger partial charge in [-0.1, -0.05) is 12.1 Å². The average Bonchev–Trinajstić information content (AvgIpc) is 2.49. The number of ether oxygens (including phenoxy) is 1. The van der Waals surface area contributed by atoms with E-state index >= 15 is 0 Å². The lowest BCUT2D eigenvalue weighted by atomic mass is 10.0. The molecular weight excluding hydrogens is 345 g/mol. The highest BCUT2D eigenvalue weighted by Gasteiger charge is 2.34. The Kier molecular flexibility index (Phi) is 6.21. The number of likely N-dealkylation sites (tertiary alicyclic amines) is 1. The van der Waals surface area contributed by atoms with Crippen LogP contribution in [0.5, 0.6) is 0 Å². The maximum absolute atomic E-state index is 14.4. The van der Waals surface area contributed by atoms with Gasteiger partial charge in [0.15, 0.2) is 0 Å². The second kappa shape index (κ2) is 7.86. The van der Waals surface area contributed by atoms with Crippen molar-refractivity contribution in [3.8, 4) is 0 Å². The van der Waals surface area contributed by atoms with Gasteiger partial charge in [-0.25, -0.2) is 18.0 Å². The maximum atomic E-state index is 14.4. The monoisotopic (exact) mass is 372 g/mol. The number of carbonyl (C=O) groups excluding carboxylic acids is 1. The molecule has 1 heterocycles. The number of nitrogens with one attached hydrogen (secondary N) is 1. The lowest BCUT2D eigenvalue weighted by Crippen LogP contribution is -2.39. The fraction of sp³-hybridized carbons (Fsp3) is 0.632. The van der Waals surface area contributed by atoms with Crippen LogP contribution in [0.3, 0.4) is 0 Å². The minimum atomic E-state index is -2.61. The molecule has 1 atom stereocenters. The molecule has 26 heavy (non-hydrogen) atoms. The Morgan fingerprint density at radius 3 is 2.46 bits per heavy atom. The van der Waals surface area contributed by atoms with Crippen molar-refractivity contribution in [3.63, 3.8) is 0 Å². The van der Waals surface area contributed by atoms with E-state index in [0.717, 1.165) is 0 Å². The first kappa shape index (κ1) is 20.6. The predicted octanol–water partition coefficient (Wildman–Crippen LogP) is 4.64. The van der Waals surface area contributed by atoms with Crippen LogP contribution in [-0.4, -0.2) is 35.6 Å². The van der Waals surface area contributed by atoms with Gasteiger partial charge in [-0.2, -0.15) is 0 Å². The topological polar surface area (TPSA) is 41.6 Å². The van der Waals surface area contributed by atoms with Crippen LogP contribution in [0.2, 0.25) is 0 Å². The largest absolute Gasteiger partial charge is 0.444 e. The quantitative estimate of drug-likeness (QED) is 0.837. The summed E-state index contributed by atoms with van der Waals surface area (Å²) in [6.45, 7) is 7.85. The number of alkyl carbamates (subject to hydrolysis) is 1. The molecule has 1 N–H and O–H groups in total. The van der Waals surface area contributed by atoms with Gasteiger partial charge < -0.3 is 10.1 Å². The molecule has 1 saturated heterocycles. The minimum absolute atomic E-state index is 0.191. The summed E-state index contributed by atoms with van der Waals surface area (Å²) >= 11 is 0. The van der Waals surface area contributed by atoms with E-state index in [1.54, 1.807) is 39.8 Å². The Hall–Kier alpha value is -1.76. The minimum Gasteiger partial charge on any atom is -0.444 e. The van der Waals surface area contributed by atoms with Crippen molar-refractivity contribution < 1.29 is 22.7 Å². The molecule has 1 amide bonds. The van der Waals surface area contributed by atoms with Crippen LogP contribution in [0.15, 0.2) is 18.2 Å². The van der Waals surface area contributed by atoms with E-state index < -0.39 is 29.5 Å². The lowest BCUT2D eigenvalue weighted by molar-refractivity contribution is -0.0567. The normalized spacial score (nSPS) is 19.0. The Balaban J connectivity index is 1.95. The lowest BCUT2D eigenvalue weighted by Gasteiger charge is -2.31. The summed E-state index contributed by atoms with van der Waals surface area (Å²) in [6, 6.07) is 4.33. The number of alkyl halides is 2. The highest BCUT2D eigenvalue weighted by molar-refractivity contribution is 5.68. The van der Waals surface area contributed by atoms with Gasteiger partial charge in [0.1, 0.15) is 11.4 Å². The standard InChI is InChI=1S/C19H27F3N2O2/c1-13(23-17(25)26-18(2,3)4)14-5-6-15(16(20)11-14)12-24-9-7-19(21,22)8-10-24/h5-6,11,13H,7-10,12H2,1-4H3,(H,23,25)/t13-/m0/s1. The van der Waals surface area contributed by atoms with E-state index in [9.17, 15) is 18.0 Å². The zero-order valence-corrected chi connectivity index (χ0v) is 15.7. The third-order valence-corrected chi connectivity index (χ3v) is 4.29. The van der Waals surface area contributed by atoms with E-state index in [2.05, 4.69) is 5.32 Å². The fourth-order valence-corrected chi connectivity index (χ4v) is 2.81. The average molecular weight is 372 g/mol. The van der Waals surface area contributed by atoms with Crippen molar-refractivity contribution in [3.05, 3.63) is 35.1 Å². The van der Waals surface area contributed by atoms with Gasteiger partial charge in [0.2, 0.25) is 0 Å². The zero-order valence-electron chi connectivity index (χ0n) is 15.7. The van der Waals surface area contributed by atoms with Crippen LogP contribution in [0.4, 0.5) is 18.0 Å². The van der Waals surface area contributed by atoms with Gasteiger partial charge in [-0.15, -0.1) is 0 Å². The molecule has 0 saturated carbocycles. The van der Waals surface area contributed by atoms with Crippen LogP contribution in [-0.2, 0) is 11.3 Å². The summed E-state index contributed by atoms with van der Waals surface area (Å²) < 4.78 is 46.0. The number of hydrogen-bond donors (Lipinski definition) is 1. The molecule has 1 aliphatic heterocycles. The van der Waals surface area contributed by atoms with Gasteiger partial charge in [0, 0.05) is 38.0 Å². The van der Waals surface area contributed by atoms with Crippen molar-refractivity contribution in [2.45, 2.75) is 64.6 Å². The molecule has 1 aromatic rings. The number of halogens is 3. The Labute approximate surface area is 152 Å². The number of amides is 1. The maximum Gasteiger partial charge on any atom is 0.408 e. The summed E-state index contributed by atoms with van der Waals surface area (Å²) in [5.41, 5.74) is 0.468. The van der Waals surface area contributed by atoms with E-state index in [-0.39, 0.29) is 25.9 Å². The molecule has 1 fully saturated rings. The van der Waals surface area contributed by atoms with Crippen molar-refractivity contribution in [1.82, 2.24) is 10.2 Å². The first-order valence-corrected chi connectivity index (χ1v) is 8.83. The second-order valence-corrected chi connectivity index (χ2v) is 7.85. The predicted molar refractivity (Wildman–Crippen MR) is 93.6 cm³/mol. The first-order valence-electron chi connectivity index (χ1n) is 8.83. The third-order valence-electron chi connectivity index (χ3n) is 4.29. The van der Waals surface area contributed by atoms with Crippen LogP contribution >= 0.6 is 0 Å². The third kappa shape index (κ3) is 6.20. The summed E-state index contributed by atoms with van der Waals surface area (Å²) in [6.07, 6.45) is -0.948. The van der Waals surface area contributed by atoms with Gasteiger partial charge in [0.25, 0.3) is 5.92 Å². The second-order valence-electron chi connectivity index (χ2n) is 7.85. The summed E-state index contributed by atoms with van der Waals surface area (Å²) in [7, 11) is 0. The van der Waals surface area contributed by atoms with E-state index in [4.69, 9.17) is 4.74 Å². The molecular formula is C19H27F3N2O2. The van der Waals surface area contributed by atoms with E-state index in [1.165, 1.54) is 6.07 Å². The molecule has 0 unspecified atom stereocenters. The number of carbonyl (C=O) groups is 1. The van der Waals surface area contributed by atoms with Crippen molar-refractivity contribution >= 4 is 6.09 Å². The van der Waals surface area contributed by atoms with Gasteiger partial charge in [0.05, 0.1) is 6.04 Å². The molecule has 1 aliphatic rings. The molecule has 7 heteroatoms. The first-order chi connectivity index (χ1) is 12.0. The summed E-state index contributed by atoms with van der Waals surface area (Å²) in [5, 5.41) is 2.67. The van der Waals surface area contributed by atoms with E-state index in [0.29, 0.717) is 17.7 Å². The van der Waals surface area contributed by atoms with Crippen LogP contribution in [0.1, 0.15) is 57.7 Å². The molecule has 4 nitrogen and oxygen atoms in total. The summed E-state index contributed by atoms with van der Waals surface area (Å²) in [5.74, 6) is -3.01. The molecule has 0 aromatic heterocycles. The number of benzene rings is 1. The van der Waals surface area contributed by atoms with E-state index in [1.807, 2.05) is 4.90 Å². The van der Waals surface area contributed by atoms with Crippen molar-refractivity contribution in [2.24, 2.45) is 0 Å². The van der Waals surface area contributed by atoms with Crippen molar-refractivity contribution in [1.29, 1.82) is 0 Å². The molecule has 0 bridgehead atoms. The number of hydrogen-bond acceptors (Lipinski definition) is 3. The van der Waals surface area contributed by atoms with Crippen LogP contribution < -0.4 is 5.32 Å². The van der Waals surface area contributed by atoms with Crippen LogP contribution in [0.25, 0.3) is 0 Å². The van der Waals surface area contributed by atoms with Gasteiger partial charge in [-0.05, 0) is 39.3 Å². The van der Waals surface area contributed by atoms with Crippen molar-refractivity contribution in [2.75, 3.05) is 13.1 Å². The number of rotatable bonds is 4. The Morgan fingerprint density at radius 1 is 1.31 bits per heavy atom. The zero-order chi connectivity index (χ0) is 19.5. The number of piperidine rings is 1. The van der Waals surface area contributed by atoms with Gasteiger partial charge >= 0.3 is 6.09 Å². The highest BCUT2D eigenvalue weighted by Crippen LogP contribution is 2.29. The Morgan fingerprint density at radius 2 is 1.92 bits per heavy atom. The summed E-state index contributed by atoms with van der Waals surface area (Å²) in [4.78, 5) is 13.6. The molecule has 0 radical (unpaired) electrons. The highest BCUT2D eigenvalue weighted by atomic mass is 19.3. The molecule has 2 rings (SSSR count). The smallest absolute Gasteiger partial charge is 0.408 e. The fourth-order valence-electron chi connectivity index (χ4n) is 2.81. The van der Waals surface area contributed by atoms with Crippen LogP contribution in [0, 0.1) is 5.82 Å². The molecule has 0 spiro atoms. The number of nitrogens with zero attached hydrogens (tertiary/aromatic N) is 1.